The van der Waals surface area contributed by atoms with Crippen molar-refractivity contribution in [1.82, 2.24) is 0 Å². The largest absolute Gasteiger partial charge is 0.489 e. The summed E-state index contributed by atoms with van der Waals surface area (Å²) < 4.78 is 5.91. The van der Waals surface area contributed by atoms with Gasteiger partial charge in [0.1, 0.15) is 12.4 Å². The summed E-state index contributed by atoms with van der Waals surface area (Å²) >= 11 is 0. The zero-order chi connectivity index (χ0) is 14.0. The molecule has 19 heavy (non-hydrogen) atoms. The van der Waals surface area contributed by atoms with Crippen molar-refractivity contribution in [3.8, 4) is 5.75 Å². The van der Waals surface area contributed by atoms with Crippen LogP contribution in [0.3, 0.4) is 0 Å². The first kappa shape index (κ1) is 13.7. The average Bonchev–Trinajstić information content (AvgIpc) is 2.38. The molecule has 0 amide bonds. The van der Waals surface area contributed by atoms with Gasteiger partial charge in [0.2, 0.25) is 0 Å². The van der Waals surface area contributed by atoms with E-state index in [9.17, 15) is 0 Å². The zero-order valence-corrected chi connectivity index (χ0v) is 12.3. The third kappa shape index (κ3) is 3.17. The molecule has 0 radical (unpaired) electrons. The highest BCUT2D eigenvalue weighted by molar-refractivity contribution is 5.77. The number of fused-ring (bicyclic) bond motifs is 1. The second-order valence-electron chi connectivity index (χ2n) is 6.08. The second kappa shape index (κ2) is 5.08. The highest BCUT2D eigenvalue weighted by Crippen LogP contribution is 2.32. The molecule has 1 aliphatic rings. The summed E-state index contributed by atoms with van der Waals surface area (Å²) in [6, 6.07) is 6.25. The zero-order valence-electron chi connectivity index (χ0n) is 12.3. The van der Waals surface area contributed by atoms with Gasteiger partial charge >= 0.3 is 0 Å². The molecule has 1 heterocycles. The maximum atomic E-state index is 5.91. The molecule has 1 aromatic carbocycles. The molecule has 0 bridgehead atoms. The van der Waals surface area contributed by atoms with Crippen LogP contribution in [0.4, 0.5) is 0 Å². The van der Waals surface area contributed by atoms with E-state index in [4.69, 9.17) is 4.74 Å². The topological polar surface area (TPSA) is 9.23 Å². The minimum Gasteiger partial charge on any atom is -0.489 e. The highest BCUT2D eigenvalue weighted by atomic mass is 16.5. The monoisotopic (exact) mass is 254 g/mol. The van der Waals surface area contributed by atoms with E-state index in [2.05, 4.69) is 70.7 Å². The van der Waals surface area contributed by atoms with E-state index >= 15 is 0 Å². The Morgan fingerprint density at radius 1 is 1.16 bits per heavy atom. The number of hydrogen-bond acceptors (Lipinski definition) is 1. The van der Waals surface area contributed by atoms with E-state index in [0.717, 1.165) is 16.9 Å². The Kier molecular flexibility index (Phi) is 3.66. The fourth-order valence-corrected chi connectivity index (χ4v) is 2.14. The highest BCUT2D eigenvalue weighted by Gasteiger charge is 2.16. The van der Waals surface area contributed by atoms with Crippen LogP contribution >= 0.6 is 0 Å². The minimum absolute atomic E-state index is 0.118. The minimum atomic E-state index is 0.118. The predicted octanol–water partition coefficient (Wildman–Crippen LogP) is 4.93. The molecule has 100 valence electrons. The maximum absolute atomic E-state index is 5.91. The molecule has 1 nitrogen and oxygen atoms in total. The van der Waals surface area contributed by atoms with Crippen molar-refractivity contribution in [3.05, 3.63) is 59.7 Å². The van der Waals surface area contributed by atoms with Gasteiger partial charge in [-0.2, -0.15) is 0 Å². The van der Waals surface area contributed by atoms with Gasteiger partial charge in [-0.3, -0.25) is 0 Å². The first-order valence-corrected chi connectivity index (χ1v) is 6.69. The van der Waals surface area contributed by atoms with Gasteiger partial charge in [-0.1, -0.05) is 51.6 Å². The first-order valence-electron chi connectivity index (χ1n) is 6.69. The standard InChI is InChI=1S/C18H22O/c1-13-6-9-16-14(2)7-8-15(18(3,4)5)10-11-19-17(16)12-13/h6-10,12H,2,11H2,1,3-5H3/b8-7-,15-10+. The van der Waals surface area contributed by atoms with E-state index in [1.165, 1.54) is 11.1 Å². The van der Waals surface area contributed by atoms with Crippen molar-refractivity contribution < 1.29 is 4.74 Å². The summed E-state index contributed by atoms with van der Waals surface area (Å²) in [5, 5.41) is 0. The number of rotatable bonds is 0. The Morgan fingerprint density at radius 3 is 2.58 bits per heavy atom. The van der Waals surface area contributed by atoms with Crippen LogP contribution in [0.1, 0.15) is 31.9 Å². The molecule has 0 saturated heterocycles. The lowest BCUT2D eigenvalue weighted by molar-refractivity contribution is 0.358. The Hall–Kier alpha value is -1.76. The fourth-order valence-electron chi connectivity index (χ4n) is 2.14. The molecule has 0 aliphatic carbocycles. The lowest BCUT2D eigenvalue weighted by atomic mass is 9.85. The molecule has 0 saturated carbocycles. The van der Waals surface area contributed by atoms with E-state index < -0.39 is 0 Å². The summed E-state index contributed by atoms with van der Waals surface area (Å²) in [5.41, 5.74) is 4.66. The Bertz CT molecular complexity index is 554. The SMILES string of the molecule is C=C1/C=C\C(C(C)(C)C)=C/COc2cc(C)ccc21. The molecule has 1 heteroatoms. The molecular formula is C18H22O. The van der Waals surface area contributed by atoms with E-state index in [1.54, 1.807) is 0 Å². The normalized spacial score (nSPS) is 20.2. The summed E-state index contributed by atoms with van der Waals surface area (Å²) in [6.07, 6.45) is 6.39. The van der Waals surface area contributed by atoms with Gasteiger partial charge in [-0.05, 0) is 41.2 Å². The van der Waals surface area contributed by atoms with Crippen LogP contribution < -0.4 is 4.74 Å². The molecule has 1 aromatic rings. The van der Waals surface area contributed by atoms with Crippen molar-refractivity contribution >= 4 is 5.57 Å². The third-order valence-electron chi connectivity index (χ3n) is 3.36. The quantitative estimate of drug-likeness (QED) is 0.638. The van der Waals surface area contributed by atoms with Crippen LogP contribution in [-0.4, -0.2) is 6.61 Å². The molecule has 0 unspecified atom stereocenters. The summed E-state index contributed by atoms with van der Waals surface area (Å²) in [7, 11) is 0. The van der Waals surface area contributed by atoms with Crippen molar-refractivity contribution in [2.24, 2.45) is 5.41 Å². The van der Waals surface area contributed by atoms with Gasteiger partial charge in [-0.25, -0.2) is 0 Å². The van der Waals surface area contributed by atoms with E-state index in [-0.39, 0.29) is 5.41 Å². The van der Waals surface area contributed by atoms with Crippen LogP contribution in [0.25, 0.3) is 5.57 Å². The first-order chi connectivity index (χ1) is 8.88. The van der Waals surface area contributed by atoms with Crippen LogP contribution in [-0.2, 0) is 0 Å². The number of hydrogen-bond donors (Lipinski definition) is 0. The molecule has 0 N–H and O–H groups in total. The Balaban J connectivity index is 2.42. The van der Waals surface area contributed by atoms with Crippen LogP contribution in [0.15, 0.2) is 48.6 Å². The molecular weight excluding hydrogens is 232 g/mol. The lowest BCUT2D eigenvalue weighted by Crippen LogP contribution is -2.09. The molecule has 0 aromatic heterocycles. The average molecular weight is 254 g/mol. The van der Waals surface area contributed by atoms with Gasteiger partial charge in [-0.15, -0.1) is 0 Å². The van der Waals surface area contributed by atoms with Gasteiger partial charge in [0.05, 0.1) is 0 Å². The molecule has 2 rings (SSSR count). The van der Waals surface area contributed by atoms with Crippen LogP contribution in [0.5, 0.6) is 5.75 Å². The fraction of sp³-hybridized carbons (Fsp3) is 0.333. The Morgan fingerprint density at radius 2 is 1.89 bits per heavy atom. The summed E-state index contributed by atoms with van der Waals surface area (Å²) in [4.78, 5) is 0. The van der Waals surface area contributed by atoms with Crippen molar-refractivity contribution in [2.45, 2.75) is 27.7 Å². The van der Waals surface area contributed by atoms with Crippen LogP contribution in [0, 0.1) is 12.3 Å². The predicted molar refractivity (Wildman–Crippen MR) is 82.4 cm³/mol. The smallest absolute Gasteiger partial charge is 0.127 e. The number of allylic oxidation sites excluding steroid dienone is 4. The summed E-state index contributed by atoms with van der Waals surface area (Å²) in [6.45, 7) is 13.5. The van der Waals surface area contributed by atoms with Gasteiger partial charge in [0.25, 0.3) is 0 Å². The van der Waals surface area contributed by atoms with Gasteiger partial charge in [0.15, 0.2) is 0 Å². The molecule has 0 atom stereocenters. The van der Waals surface area contributed by atoms with Crippen molar-refractivity contribution in [3.63, 3.8) is 0 Å². The molecule has 0 spiro atoms. The number of benzene rings is 1. The van der Waals surface area contributed by atoms with Crippen molar-refractivity contribution in [2.75, 3.05) is 6.61 Å². The number of aryl methyl sites for hydroxylation is 1. The lowest BCUT2D eigenvalue weighted by Gasteiger charge is -2.20. The third-order valence-corrected chi connectivity index (χ3v) is 3.36. The Labute approximate surface area is 116 Å². The maximum Gasteiger partial charge on any atom is 0.127 e. The second-order valence-corrected chi connectivity index (χ2v) is 6.08. The van der Waals surface area contributed by atoms with Gasteiger partial charge < -0.3 is 4.74 Å². The summed E-state index contributed by atoms with van der Waals surface area (Å²) in [5.74, 6) is 0.918. The van der Waals surface area contributed by atoms with Crippen molar-refractivity contribution in [1.29, 1.82) is 0 Å². The van der Waals surface area contributed by atoms with E-state index in [1.807, 2.05) is 0 Å². The number of ether oxygens (including phenoxy) is 1. The molecule has 1 aliphatic heterocycles. The van der Waals surface area contributed by atoms with E-state index in [0.29, 0.717) is 6.61 Å². The molecule has 0 fully saturated rings. The van der Waals surface area contributed by atoms with Gasteiger partial charge in [0, 0.05) is 5.56 Å². The van der Waals surface area contributed by atoms with Crippen LogP contribution in [0.2, 0.25) is 0 Å².